The van der Waals surface area contributed by atoms with Crippen LogP contribution in [-0.2, 0) is 0 Å². The summed E-state index contributed by atoms with van der Waals surface area (Å²) in [7, 11) is 1.96. The lowest BCUT2D eigenvalue weighted by Crippen LogP contribution is -2.18. The van der Waals surface area contributed by atoms with Crippen LogP contribution in [0.25, 0.3) is 0 Å². The van der Waals surface area contributed by atoms with Crippen molar-refractivity contribution in [3.63, 3.8) is 0 Å². The van der Waals surface area contributed by atoms with Crippen LogP contribution in [0.2, 0.25) is 0 Å². The monoisotopic (exact) mass is 196 g/mol. The van der Waals surface area contributed by atoms with Crippen molar-refractivity contribution < 1.29 is 4.52 Å². The van der Waals surface area contributed by atoms with Crippen molar-refractivity contribution in [3.8, 4) is 0 Å². The highest BCUT2D eigenvalue weighted by Gasteiger charge is 2.22. The fourth-order valence-corrected chi connectivity index (χ4v) is 1.56. The van der Waals surface area contributed by atoms with Crippen molar-refractivity contribution in [1.82, 2.24) is 15.5 Å². The van der Waals surface area contributed by atoms with Crippen molar-refractivity contribution in [2.75, 3.05) is 25.0 Å². The van der Waals surface area contributed by atoms with E-state index < -0.39 is 0 Å². The second kappa shape index (κ2) is 3.96. The van der Waals surface area contributed by atoms with Crippen molar-refractivity contribution in [2.24, 2.45) is 0 Å². The highest BCUT2D eigenvalue weighted by Crippen LogP contribution is 2.22. The number of nitrogens with zero attached hydrogens (tertiary/aromatic N) is 3. The van der Waals surface area contributed by atoms with E-state index in [1.165, 1.54) is 6.42 Å². The van der Waals surface area contributed by atoms with Gasteiger partial charge >= 0.3 is 0 Å². The molecule has 0 unspecified atom stereocenters. The number of hydrogen-bond donors (Lipinski definition) is 1. The van der Waals surface area contributed by atoms with Crippen LogP contribution in [0.1, 0.15) is 31.7 Å². The Morgan fingerprint density at radius 3 is 3.14 bits per heavy atom. The average molecular weight is 196 g/mol. The first-order chi connectivity index (χ1) is 6.81. The molecule has 0 radical (unpaired) electrons. The van der Waals surface area contributed by atoms with Crippen LogP contribution in [0.4, 0.5) is 5.95 Å². The molecule has 1 aliphatic heterocycles. The van der Waals surface area contributed by atoms with Gasteiger partial charge in [-0.3, -0.25) is 0 Å². The number of aromatic nitrogens is 2. The number of anilines is 1. The van der Waals surface area contributed by atoms with Crippen LogP contribution < -0.4 is 10.2 Å². The largest absolute Gasteiger partial charge is 0.342 e. The van der Waals surface area contributed by atoms with Crippen LogP contribution in [0.5, 0.6) is 0 Å². The Kier molecular flexibility index (Phi) is 2.67. The van der Waals surface area contributed by atoms with Gasteiger partial charge in [0.2, 0.25) is 5.89 Å². The molecule has 1 saturated heterocycles. The fraction of sp³-hybridized carbons (Fsp3) is 0.778. The lowest BCUT2D eigenvalue weighted by molar-refractivity contribution is 0.344. The lowest BCUT2D eigenvalue weighted by atomic mass is 10.2. The highest BCUT2D eigenvalue weighted by atomic mass is 16.5. The van der Waals surface area contributed by atoms with Crippen LogP contribution in [0.15, 0.2) is 4.52 Å². The van der Waals surface area contributed by atoms with E-state index in [-0.39, 0.29) is 6.04 Å². The molecule has 1 aromatic rings. The quantitative estimate of drug-likeness (QED) is 0.780. The Morgan fingerprint density at radius 2 is 2.50 bits per heavy atom. The van der Waals surface area contributed by atoms with E-state index in [0.29, 0.717) is 5.95 Å². The first kappa shape index (κ1) is 9.45. The standard InChI is InChI=1S/C9H16N4O/c1-3-13(2)9-11-8(14-12-9)7-5-4-6-10-7/h7,10H,3-6H2,1-2H3/t7-/m1/s1. The molecule has 0 amide bonds. The molecule has 0 aliphatic carbocycles. The Hall–Kier alpha value is -1.10. The zero-order valence-corrected chi connectivity index (χ0v) is 8.66. The van der Waals surface area contributed by atoms with E-state index in [1.807, 2.05) is 11.9 Å². The maximum absolute atomic E-state index is 5.21. The molecule has 78 valence electrons. The summed E-state index contributed by atoms with van der Waals surface area (Å²) < 4.78 is 5.21. The van der Waals surface area contributed by atoms with E-state index in [9.17, 15) is 0 Å². The summed E-state index contributed by atoms with van der Waals surface area (Å²) >= 11 is 0. The van der Waals surface area contributed by atoms with Crippen LogP contribution in [-0.4, -0.2) is 30.3 Å². The molecular formula is C9H16N4O. The highest BCUT2D eigenvalue weighted by molar-refractivity contribution is 5.25. The molecule has 1 N–H and O–H groups in total. The molecule has 1 aliphatic rings. The molecule has 1 fully saturated rings. The second-order valence-electron chi connectivity index (χ2n) is 3.60. The minimum atomic E-state index is 0.265. The molecule has 5 heteroatoms. The van der Waals surface area contributed by atoms with Gasteiger partial charge < -0.3 is 14.7 Å². The second-order valence-corrected chi connectivity index (χ2v) is 3.60. The predicted octanol–water partition coefficient (Wildman–Crippen LogP) is 0.950. The molecule has 2 heterocycles. The predicted molar refractivity (Wildman–Crippen MR) is 53.2 cm³/mol. The number of nitrogens with one attached hydrogen (secondary N) is 1. The maximum Gasteiger partial charge on any atom is 0.265 e. The van der Waals surface area contributed by atoms with Gasteiger partial charge in [-0.2, -0.15) is 4.98 Å². The SMILES string of the molecule is CCN(C)c1noc([C@H]2CCCN2)n1. The Bertz CT molecular complexity index is 293. The third kappa shape index (κ3) is 1.72. The van der Waals surface area contributed by atoms with Gasteiger partial charge in [0, 0.05) is 13.6 Å². The Labute approximate surface area is 83.5 Å². The smallest absolute Gasteiger partial charge is 0.265 e. The number of hydrogen-bond acceptors (Lipinski definition) is 5. The molecule has 0 aromatic carbocycles. The van der Waals surface area contributed by atoms with Gasteiger partial charge in [0.05, 0.1) is 6.04 Å². The minimum absolute atomic E-state index is 0.265. The fourth-order valence-electron chi connectivity index (χ4n) is 1.56. The van der Waals surface area contributed by atoms with Crippen molar-refractivity contribution in [1.29, 1.82) is 0 Å². The van der Waals surface area contributed by atoms with Gasteiger partial charge in [-0.1, -0.05) is 0 Å². The zero-order valence-electron chi connectivity index (χ0n) is 8.66. The van der Waals surface area contributed by atoms with E-state index in [1.54, 1.807) is 0 Å². The van der Waals surface area contributed by atoms with Crippen molar-refractivity contribution in [2.45, 2.75) is 25.8 Å². The van der Waals surface area contributed by atoms with Gasteiger partial charge in [0.25, 0.3) is 5.95 Å². The van der Waals surface area contributed by atoms with Gasteiger partial charge in [0.15, 0.2) is 0 Å². The summed E-state index contributed by atoms with van der Waals surface area (Å²) in [6, 6.07) is 0.265. The summed E-state index contributed by atoms with van der Waals surface area (Å²) in [4.78, 5) is 6.31. The molecule has 1 atom stereocenters. The Balaban J connectivity index is 2.08. The summed E-state index contributed by atoms with van der Waals surface area (Å²) in [6.07, 6.45) is 2.28. The summed E-state index contributed by atoms with van der Waals surface area (Å²) in [5, 5.41) is 7.26. The molecule has 0 saturated carbocycles. The lowest BCUT2D eigenvalue weighted by Gasteiger charge is -2.09. The third-order valence-electron chi connectivity index (χ3n) is 2.61. The summed E-state index contributed by atoms with van der Waals surface area (Å²) in [5.74, 6) is 1.40. The molecule has 5 nitrogen and oxygen atoms in total. The van der Waals surface area contributed by atoms with Gasteiger partial charge in [-0.15, -0.1) is 0 Å². The van der Waals surface area contributed by atoms with Gasteiger partial charge in [-0.05, 0) is 31.5 Å². The van der Waals surface area contributed by atoms with Crippen molar-refractivity contribution >= 4 is 5.95 Å². The van der Waals surface area contributed by atoms with Crippen LogP contribution in [0, 0.1) is 0 Å². The molecule has 1 aromatic heterocycles. The summed E-state index contributed by atoms with van der Waals surface area (Å²) in [6.45, 7) is 3.99. The van der Waals surface area contributed by atoms with E-state index in [2.05, 4.69) is 22.4 Å². The summed E-state index contributed by atoms with van der Waals surface area (Å²) in [5.41, 5.74) is 0. The minimum Gasteiger partial charge on any atom is -0.342 e. The van der Waals surface area contributed by atoms with E-state index in [4.69, 9.17) is 4.52 Å². The maximum atomic E-state index is 5.21. The van der Waals surface area contributed by atoms with E-state index in [0.717, 1.165) is 25.4 Å². The third-order valence-corrected chi connectivity index (χ3v) is 2.61. The first-order valence-corrected chi connectivity index (χ1v) is 5.09. The molecule has 0 bridgehead atoms. The average Bonchev–Trinajstić information content (AvgIpc) is 2.86. The van der Waals surface area contributed by atoms with Crippen molar-refractivity contribution in [3.05, 3.63) is 5.89 Å². The van der Waals surface area contributed by atoms with Crippen LogP contribution >= 0.6 is 0 Å². The van der Waals surface area contributed by atoms with Gasteiger partial charge in [-0.25, -0.2) is 0 Å². The van der Waals surface area contributed by atoms with Crippen LogP contribution in [0.3, 0.4) is 0 Å². The molecule has 0 spiro atoms. The number of rotatable bonds is 3. The Morgan fingerprint density at radius 1 is 1.64 bits per heavy atom. The zero-order chi connectivity index (χ0) is 9.97. The first-order valence-electron chi connectivity index (χ1n) is 5.09. The topological polar surface area (TPSA) is 54.2 Å². The van der Waals surface area contributed by atoms with E-state index >= 15 is 0 Å². The molecular weight excluding hydrogens is 180 g/mol. The van der Waals surface area contributed by atoms with Gasteiger partial charge in [0.1, 0.15) is 0 Å². The molecule has 2 rings (SSSR count). The molecule has 14 heavy (non-hydrogen) atoms. The normalized spacial score (nSPS) is 21.4.